The molecular formula is C19H26Cl2N2O2. The first-order valence-electron chi connectivity index (χ1n) is 8.08. The topological polar surface area (TPSA) is 43.4 Å². The summed E-state index contributed by atoms with van der Waals surface area (Å²) in [6.45, 7) is 7.78. The normalized spacial score (nSPS) is 10.9. The molecule has 0 saturated carbocycles. The maximum absolute atomic E-state index is 5.85. The zero-order valence-electron chi connectivity index (χ0n) is 15.1. The molecule has 0 spiro atoms. The molecular weight excluding hydrogens is 359 g/mol. The number of hydrogen-bond acceptors (Lipinski definition) is 4. The number of rotatable bonds is 8. The molecule has 0 aliphatic rings. The average molecular weight is 385 g/mol. The van der Waals surface area contributed by atoms with Gasteiger partial charge in [0.15, 0.2) is 11.5 Å². The Bertz CT molecular complexity index is 661. The van der Waals surface area contributed by atoms with Crippen LogP contribution in [0.25, 0.3) is 0 Å². The molecule has 0 radical (unpaired) electrons. The maximum Gasteiger partial charge on any atom is 0.161 e. The van der Waals surface area contributed by atoms with E-state index in [2.05, 4.69) is 37.1 Å². The van der Waals surface area contributed by atoms with Crippen LogP contribution in [-0.4, -0.2) is 17.6 Å². The van der Waals surface area contributed by atoms with Gasteiger partial charge in [0.2, 0.25) is 0 Å². The molecule has 1 aromatic heterocycles. The van der Waals surface area contributed by atoms with Gasteiger partial charge in [-0.3, -0.25) is 0 Å². The van der Waals surface area contributed by atoms with Crippen LogP contribution in [0.3, 0.4) is 0 Å². The highest BCUT2D eigenvalue weighted by atomic mass is 35.5. The summed E-state index contributed by atoms with van der Waals surface area (Å²) in [5, 5.41) is 4.02. The zero-order chi connectivity index (χ0) is 17.6. The van der Waals surface area contributed by atoms with Crippen LogP contribution in [0.1, 0.15) is 38.3 Å². The molecule has 0 saturated heterocycles. The van der Waals surface area contributed by atoms with Crippen molar-refractivity contribution in [1.29, 1.82) is 0 Å². The highest BCUT2D eigenvalue weighted by molar-refractivity contribution is 6.29. The highest BCUT2D eigenvalue weighted by Gasteiger charge is 2.14. The van der Waals surface area contributed by atoms with E-state index in [1.54, 1.807) is 19.4 Å². The first kappa shape index (κ1) is 21.6. The number of hydrogen-bond donors (Lipinski definition) is 1. The maximum atomic E-state index is 5.85. The molecule has 0 aliphatic carbocycles. The van der Waals surface area contributed by atoms with Crippen molar-refractivity contribution in [3.05, 3.63) is 52.8 Å². The number of nitrogens with zero attached hydrogens (tertiary/aromatic N) is 1. The molecule has 2 rings (SSSR count). The van der Waals surface area contributed by atoms with Crippen LogP contribution in [0.5, 0.6) is 11.5 Å². The largest absolute Gasteiger partial charge is 0.493 e. The van der Waals surface area contributed by atoms with E-state index in [-0.39, 0.29) is 17.9 Å². The summed E-state index contributed by atoms with van der Waals surface area (Å²) in [4.78, 5) is 4.05. The Morgan fingerprint density at radius 1 is 1.12 bits per heavy atom. The van der Waals surface area contributed by atoms with Gasteiger partial charge in [0.05, 0.1) is 7.11 Å². The Morgan fingerprint density at radius 3 is 2.44 bits per heavy atom. The Kier molecular flexibility index (Phi) is 8.50. The monoisotopic (exact) mass is 384 g/mol. The van der Waals surface area contributed by atoms with E-state index in [0.29, 0.717) is 17.5 Å². The van der Waals surface area contributed by atoms with Crippen LogP contribution in [0.4, 0.5) is 0 Å². The van der Waals surface area contributed by atoms with Gasteiger partial charge in [-0.25, -0.2) is 4.98 Å². The van der Waals surface area contributed by atoms with Crippen LogP contribution in [0, 0.1) is 0 Å². The highest BCUT2D eigenvalue weighted by Crippen LogP contribution is 2.29. The van der Waals surface area contributed by atoms with Crippen LogP contribution >= 0.6 is 24.0 Å². The van der Waals surface area contributed by atoms with Gasteiger partial charge >= 0.3 is 0 Å². The summed E-state index contributed by atoms with van der Waals surface area (Å²) < 4.78 is 11.3. The molecule has 0 unspecified atom stereocenters. The summed E-state index contributed by atoms with van der Waals surface area (Å²) >= 11 is 5.79. The fourth-order valence-corrected chi connectivity index (χ4v) is 2.17. The van der Waals surface area contributed by atoms with Crippen molar-refractivity contribution < 1.29 is 9.47 Å². The van der Waals surface area contributed by atoms with Crippen molar-refractivity contribution in [2.24, 2.45) is 0 Å². The van der Waals surface area contributed by atoms with E-state index in [1.807, 2.05) is 18.2 Å². The fraction of sp³-hybridized carbons (Fsp3) is 0.421. The first-order chi connectivity index (χ1) is 11.4. The van der Waals surface area contributed by atoms with Crippen molar-refractivity contribution in [2.45, 2.75) is 45.9 Å². The molecule has 1 aromatic carbocycles. The molecule has 0 aliphatic heterocycles. The van der Waals surface area contributed by atoms with Gasteiger partial charge in [0.25, 0.3) is 0 Å². The molecule has 0 atom stereocenters. The molecule has 0 fully saturated rings. The van der Waals surface area contributed by atoms with E-state index in [9.17, 15) is 0 Å². The Morgan fingerprint density at radius 2 is 1.84 bits per heavy atom. The Balaban J connectivity index is 0.00000312. The summed E-state index contributed by atoms with van der Waals surface area (Å²) in [5.74, 6) is 1.44. The van der Waals surface area contributed by atoms with Crippen LogP contribution < -0.4 is 14.8 Å². The second-order valence-electron chi connectivity index (χ2n) is 6.35. The summed E-state index contributed by atoms with van der Waals surface area (Å²) in [5.41, 5.74) is 2.23. The van der Waals surface area contributed by atoms with Crippen molar-refractivity contribution in [1.82, 2.24) is 10.3 Å². The van der Waals surface area contributed by atoms with Gasteiger partial charge in [-0.15, -0.1) is 12.4 Å². The standard InChI is InChI=1S/C19H25ClN2O2.ClH/c1-5-19(2,3)22-12-14-6-8-16(17(10-14)23-4)24-13-15-7-9-18(20)21-11-15;/h6-11,22H,5,12-13H2,1-4H3;1H. The van der Waals surface area contributed by atoms with E-state index in [0.717, 1.165) is 29.8 Å². The second kappa shape index (κ2) is 9.85. The van der Waals surface area contributed by atoms with Crippen molar-refractivity contribution in [3.8, 4) is 11.5 Å². The third-order valence-corrected chi connectivity index (χ3v) is 4.29. The SMILES string of the molecule is CCC(C)(C)NCc1ccc(OCc2ccc(Cl)nc2)c(OC)c1.Cl. The molecule has 1 heterocycles. The van der Waals surface area contributed by atoms with Crippen molar-refractivity contribution in [2.75, 3.05) is 7.11 Å². The molecule has 2 aromatic rings. The minimum absolute atomic E-state index is 0. The van der Waals surface area contributed by atoms with Crippen molar-refractivity contribution >= 4 is 24.0 Å². The number of nitrogens with one attached hydrogen (secondary N) is 1. The summed E-state index contributed by atoms with van der Waals surface area (Å²) in [6.07, 6.45) is 2.78. The van der Waals surface area contributed by atoms with E-state index >= 15 is 0 Å². The van der Waals surface area contributed by atoms with Gasteiger partial charge in [0, 0.05) is 23.8 Å². The van der Waals surface area contributed by atoms with E-state index < -0.39 is 0 Å². The molecule has 6 heteroatoms. The number of ether oxygens (including phenoxy) is 2. The number of aromatic nitrogens is 1. The first-order valence-corrected chi connectivity index (χ1v) is 8.46. The molecule has 25 heavy (non-hydrogen) atoms. The average Bonchev–Trinajstić information content (AvgIpc) is 2.60. The predicted octanol–water partition coefficient (Wildman–Crippen LogP) is 5.02. The zero-order valence-corrected chi connectivity index (χ0v) is 16.7. The summed E-state index contributed by atoms with van der Waals surface area (Å²) in [6, 6.07) is 9.65. The number of halogens is 2. The molecule has 138 valence electrons. The third kappa shape index (κ3) is 6.73. The lowest BCUT2D eigenvalue weighted by Gasteiger charge is -2.24. The lowest BCUT2D eigenvalue weighted by atomic mass is 10.0. The Hall–Kier alpha value is -1.49. The van der Waals surface area contributed by atoms with Gasteiger partial charge < -0.3 is 14.8 Å². The van der Waals surface area contributed by atoms with E-state index in [1.165, 1.54) is 0 Å². The van der Waals surface area contributed by atoms with Gasteiger partial charge in [0.1, 0.15) is 11.8 Å². The molecule has 4 nitrogen and oxygen atoms in total. The summed E-state index contributed by atoms with van der Waals surface area (Å²) in [7, 11) is 1.65. The fourth-order valence-electron chi connectivity index (χ4n) is 2.06. The van der Waals surface area contributed by atoms with Crippen LogP contribution in [-0.2, 0) is 13.2 Å². The predicted molar refractivity (Wildman–Crippen MR) is 105 cm³/mol. The lowest BCUT2D eigenvalue weighted by Crippen LogP contribution is -2.37. The quantitative estimate of drug-likeness (QED) is 0.648. The minimum atomic E-state index is 0. The number of benzene rings is 1. The minimum Gasteiger partial charge on any atom is -0.493 e. The molecule has 0 amide bonds. The molecule has 1 N–H and O–H groups in total. The second-order valence-corrected chi connectivity index (χ2v) is 6.74. The number of pyridine rings is 1. The lowest BCUT2D eigenvalue weighted by molar-refractivity contribution is 0.283. The van der Waals surface area contributed by atoms with Gasteiger partial charge in [-0.1, -0.05) is 30.7 Å². The Labute approximate surface area is 161 Å². The number of methoxy groups -OCH3 is 1. The van der Waals surface area contributed by atoms with Gasteiger partial charge in [-0.05, 0) is 44.0 Å². The van der Waals surface area contributed by atoms with Gasteiger partial charge in [-0.2, -0.15) is 0 Å². The smallest absolute Gasteiger partial charge is 0.161 e. The molecule has 0 bridgehead atoms. The van der Waals surface area contributed by atoms with Crippen molar-refractivity contribution in [3.63, 3.8) is 0 Å². The van der Waals surface area contributed by atoms with E-state index in [4.69, 9.17) is 21.1 Å². The van der Waals surface area contributed by atoms with Crippen LogP contribution in [0.15, 0.2) is 36.5 Å². The third-order valence-electron chi connectivity index (χ3n) is 4.07. The van der Waals surface area contributed by atoms with Crippen LogP contribution in [0.2, 0.25) is 5.15 Å².